The Morgan fingerprint density at radius 3 is 2.22 bits per heavy atom. The molecule has 2 aromatic rings. The van der Waals surface area contributed by atoms with Crippen molar-refractivity contribution in [2.75, 3.05) is 32.7 Å². The molecule has 0 aliphatic heterocycles. The van der Waals surface area contributed by atoms with Crippen LogP contribution in [0.4, 0.5) is 5.69 Å². The highest BCUT2D eigenvalue weighted by molar-refractivity contribution is 5.59. The van der Waals surface area contributed by atoms with Crippen molar-refractivity contribution >= 4 is 5.69 Å². The predicted octanol–water partition coefficient (Wildman–Crippen LogP) is 4.32. The summed E-state index contributed by atoms with van der Waals surface area (Å²) in [5.74, 6) is 2.99. The Bertz CT molecular complexity index is 609. The SMILES string of the molecule is COc1ccc(OC)c(NCCOc2ccc(C(C)C)cc2)c1. The second-order valence-electron chi connectivity index (χ2n) is 5.57. The number of nitrogens with one attached hydrogen (secondary N) is 1. The first kappa shape index (κ1) is 17.0. The van der Waals surface area contributed by atoms with E-state index in [-0.39, 0.29) is 0 Å². The highest BCUT2D eigenvalue weighted by Gasteiger charge is 2.04. The smallest absolute Gasteiger partial charge is 0.142 e. The van der Waals surface area contributed by atoms with E-state index in [1.165, 1.54) is 5.56 Å². The molecule has 23 heavy (non-hydrogen) atoms. The van der Waals surface area contributed by atoms with Gasteiger partial charge in [-0.25, -0.2) is 0 Å². The van der Waals surface area contributed by atoms with Gasteiger partial charge < -0.3 is 19.5 Å². The number of hydrogen-bond donors (Lipinski definition) is 1. The third-order valence-corrected chi connectivity index (χ3v) is 3.64. The van der Waals surface area contributed by atoms with Crippen LogP contribution in [0.3, 0.4) is 0 Å². The molecule has 4 heteroatoms. The van der Waals surface area contributed by atoms with Crippen LogP contribution in [0.15, 0.2) is 42.5 Å². The van der Waals surface area contributed by atoms with Crippen molar-refractivity contribution in [3.05, 3.63) is 48.0 Å². The topological polar surface area (TPSA) is 39.7 Å². The maximum absolute atomic E-state index is 5.76. The van der Waals surface area contributed by atoms with Crippen LogP contribution >= 0.6 is 0 Å². The van der Waals surface area contributed by atoms with E-state index >= 15 is 0 Å². The summed E-state index contributed by atoms with van der Waals surface area (Å²) < 4.78 is 16.3. The molecule has 0 spiro atoms. The zero-order valence-electron chi connectivity index (χ0n) is 14.3. The zero-order valence-corrected chi connectivity index (χ0v) is 14.3. The van der Waals surface area contributed by atoms with Crippen LogP contribution < -0.4 is 19.5 Å². The molecule has 0 aliphatic carbocycles. The zero-order chi connectivity index (χ0) is 16.7. The second kappa shape index (κ2) is 8.32. The van der Waals surface area contributed by atoms with E-state index in [1.807, 2.05) is 30.3 Å². The summed E-state index contributed by atoms with van der Waals surface area (Å²) in [5.41, 5.74) is 2.21. The van der Waals surface area contributed by atoms with Gasteiger partial charge in [-0.1, -0.05) is 26.0 Å². The summed E-state index contributed by atoms with van der Waals surface area (Å²) in [5, 5.41) is 3.31. The van der Waals surface area contributed by atoms with Gasteiger partial charge >= 0.3 is 0 Å². The lowest BCUT2D eigenvalue weighted by atomic mass is 10.0. The quantitative estimate of drug-likeness (QED) is 0.737. The first-order chi connectivity index (χ1) is 11.1. The number of anilines is 1. The molecule has 0 fully saturated rings. The van der Waals surface area contributed by atoms with Crippen molar-refractivity contribution in [1.29, 1.82) is 0 Å². The summed E-state index contributed by atoms with van der Waals surface area (Å²) in [7, 11) is 3.30. The molecule has 0 bridgehead atoms. The van der Waals surface area contributed by atoms with Crippen LogP contribution in [-0.4, -0.2) is 27.4 Å². The molecule has 2 aromatic carbocycles. The summed E-state index contributed by atoms with van der Waals surface area (Å²) in [6, 6.07) is 13.9. The molecule has 0 heterocycles. The van der Waals surface area contributed by atoms with Gasteiger partial charge in [0.25, 0.3) is 0 Å². The molecule has 0 atom stereocenters. The lowest BCUT2D eigenvalue weighted by Gasteiger charge is -2.13. The van der Waals surface area contributed by atoms with Crippen LogP contribution in [0.5, 0.6) is 17.2 Å². The maximum Gasteiger partial charge on any atom is 0.142 e. The molecule has 0 saturated heterocycles. The molecule has 0 aliphatic rings. The van der Waals surface area contributed by atoms with E-state index in [2.05, 4.69) is 31.3 Å². The molecule has 0 aromatic heterocycles. The molecule has 1 N–H and O–H groups in total. The van der Waals surface area contributed by atoms with Gasteiger partial charge in [0.1, 0.15) is 23.9 Å². The van der Waals surface area contributed by atoms with Crippen molar-refractivity contribution in [1.82, 2.24) is 0 Å². The minimum Gasteiger partial charge on any atom is -0.497 e. The lowest BCUT2D eigenvalue weighted by molar-refractivity contribution is 0.332. The molecule has 0 unspecified atom stereocenters. The number of hydrogen-bond acceptors (Lipinski definition) is 4. The maximum atomic E-state index is 5.76. The van der Waals surface area contributed by atoms with Gasteiger partial charge in [0, 0.05) is 12.6 Å². The van der Waals surface area contributed by atoms with Crippen LogP contribution in [-0.2, 0) is 0 Å². The first-order valence-electron chi connectivity index (χ1n) is 7.82. The molecule has 4 nitrogen and oxygen atoms in total. The van der Waals surface area contributed by atoms with Crippen LogP contribution in [0, 0.1) is 0 Å². The van der Waals surface area contributed by atoms with Gasteiger partial charge in [-0.2, -0.15) is 0 Å². The average Bonchev–Trinajstić information content (AvgIpc) is 2.58. The molecular formula is C19H25NO3. The van der Waals surface area contributed by atoms with Gasteiger partial charge in [-0.3, -0.25) is 0 Å². The molecular weight excluding hydrogens is 290 g/mol. The van der Waals surface area contributed by atoms with Gasteiger partial charge in [0.05, 0.1) is 19.9 Å². The number of ether oxygens (including phenoxy) is 3. The van der Waals surface area contributed by atoms with E-state index < -0.39 is 0 Å². The van der Waals surface area contributed by atoms with Crippen molar-refractivity contribution in [3.8, 4) is 17.2 Å². The molecule has 0 radical (unpaired) electrons. The van der Waals surface area contributed by atoms with E-state index in [0.717, 1.165) is 22.9 Å². The van der Waals surface area contributed by atoms with Crippen LogP contribution in [0.25, 0.3) is 0 Å². The van der Waals surface area contributed by atoms with Crippen LogP contribution in [0.2, 0.25) is 0 Å². The van der Waals surface area contributed by atoms with E-state index in [4.69, 9.17) is 14.2 Å². The highest BCUT2D eigenvalue weighted by atomic mass is 16.5. The largest absolute Gasteiger partial charge is 0.497 e. The van der Waals surface area contributed by atoms with E-state index in [0.29, 0.717) is 19.1 Å². The predicted molar refractivity (Wildman–Crippen MR) is 94.1 cm³/mol. The number of rotatable bonds is 8. The first-order valence-corrected chi connectivity index (χ1v) is 7.82. The lowest BCUT2D eigenvalue weighted by Crippen LogP contribution is -2.12. The monoisotopic (exact) mass is 315 g/mol. The normalized spacial score (nSPS) is 10.5. The number of benzene rings is 2. The molecule has 2 rings (SSSR count). The van der Waals surface area contributed by atoms with Crippen molar-refractivity contribution < 1.29 is 14.2 Å². The Hall–Kier alpha value is -2.36. The van der Waals surface area contributed by atoms with Crippen LogP contribution in [0.1, 0.15) is 25.3 Å². The van der Waals surface area contributed by atoms with Crippen molar-refractivity contribution in [2.45, 2.75) is 19.8 Å². The van der Waals surface area contributed by atoms with Gasteiger partial charge in [-0.15, -0.1) is 0 Å². The average molecular weight is 315 g/mol. The Morgan fingerprint density at radius 2 is 1.61 bits per heavy atom. The Morgan fingerprint density at radius 1 is 0.913 bits per heavy atom. The summed E-state index contributed by atoms with van der Waals surface area (Å²) in [6.07, 6.45) is 0. The Balaban J connectivity index is 1.85. The third kappa shape index (κ3) is 4.81. The number of methoxy groups -OCH3 is 2. The fourth-order valence-corrected chi connectivity index (χ4v) is 2.26. The molecule has 0 amide bonds. The minimum atomic E-state index is 0.534. The standard InChI is InChI=1S/C19H25NO3/c1-14(2)15-5-7-16(8-6-15)23-12-11-20-18-13-17(21-3)9-10-19(18)22-4/h5-10,13-14,20H,11-12H2,1-4H3. The summed E-state index contributed by atoms with van der Waals surface area (Å²) in [4.78, 5) is 0. The second-order valence-corrected chi connectivity index (χ2v) is 5.57. The third-order valence-electron chi connectivity index (χ3n) is 3.64. The van der Waals surface area contributed by atoms with Gasteiger partial charge in [0.15, 0.2) is 0 Å². The van der Waals surface area contributed by atoms with Gasteiger partial charge in [-0.05, 0) is 35.7 Å². The van der Waals surface area contributed by atoms with E-state index in [9.17, 15) is 0 Å². The molecule has 124 valence electrons. The summed E-state index contributed by atoms with van der Waals surface area (Å²) in [6.45, 7) is 5.61. The Labute approximate surface area is 138 Å². The van der Waals surface area contributed by atoms with Crippen molar-refractivity contribution in [3.63, 3.8) is 0 Å². The summed E-state index contributed by atoms with van der Waals surface area (Å²) >= 11 is 0. The molecule has 0 saturated carbocycles. The fourth-order valence-electron chi connectivity index (χ4n) is 2.26. The fraction of sp³-hybridized carbons (Fsp3) is 0.368. The van der Waals surface area contributed by atoms with Gasteiger partial charge in [0.2, 0.25) is 0 Å². The Kier molecular flexibility index (Phi) is 6.15. The highest BCUT2D eigenvalue weighted by Crippen LogP contribution is 2.28. The van der Waals surface area contributed by atoms with Crippen molar-refractivity contribution in [2.24, 2.45) is 0 Å². The van der Waals surface area contributed by atoms with E-state index in [1.54, 1.807) is 14.2 Å². The minimum absolute atomic E-state index is 0.534.